The van der Waals surface area contributed by atoms with E-state index in [0.29, 0.717) is 18.7 Å². The summed E-state index contributed by atoms with van der Waals surface area (Å²) in [5.41, 5.74) is 3.23. The summed E-state index contributed by atoms with van der Waals surface area (Å²) < 4.78 is 10.9. The maximum absolute atomic E-state index is 12.5. The number of hydrogen-bond acceptors (Lipinski definition) is 5. The summed E-state index contributed by atoms with van der Waals surface area (Å²) in [4.78, 5) is 26.2. The molecule has 2 heterocycles. The second-order valence-electron chi connectivity index (χ2n) is 8.29. The minimum Gasteiger partial charge on any atom is -0.464 e. The zero-order valence-electron chi connectivity index (χ0n) is 16.4. The summed E-state index contributed by atoms with van der Waals surface area (Å²) in [6.07, 6.45) is -0.290. The monoisotopic (exact) mass is 358 g/mol. The summed E-state index contributed by atoms with van der Waals surface area (Å²) in [5.74, 6) is -0.262. The molecule has 1 unspecified atom stereocenters. The molecular weight excluding hydrogens is 331 g/mol. The smallest absolute Gasteiger partial charge is 0.410 e. The Hall–Kier alpha value is -2.02. The minimum atomic E-state index is -0.517. The van der Waals surface area contributed by atoms with E-state index in [1.54, 1.807) is 4.90 Å². The van der Waals surface area contributed by atoms with Gasteiger partial charge in [-0.1, -0.05) is 6.07 Å². The fraction of sp³-hybridized carbons (Fsp3) is 0.579. The van der Waals surface area contributed by atoms with Gasteiger partial charge in [0.05, 0.1) is 17.6 Å². The molecular formula is C19H27BN2O4. The van der Waals surface area contributed by atoms with Crippen LogP contribution in [-0.2, 0) is 9.47 Å². The first-order chi connectivity index (χ1) is 12.1. The van der Waals surface area contributed by atoms with Crippen molar-refractivity contribution in [2.75, 3.05) is 13.1 Å². The predicted molar refractivity (Wildman–Crippen MR) is 101 cm³/mol. The van der Waals surface area contributed by atoms with Crippen LogP contribution < -0.4 is 5.32 Å². The Bertz CT molecular complexity index is 744. The number of piperazine rings is 1. The lowest BCUT2D eigenvalue weighted by Crippen LogP contribution is -2.54. The van der Waals surface area contributed by atoms with Crippen LogP contribution in [0.25, 0.3) is 0 Å². The highest BCUT2D eigenvalue weighted by Gasteiger charge is 2.35. The maximum Gasteiger partial charge on any atom is 0.410 e. The molecule has 0 saturated carbocycles. The number of rotatable bonds is 1. The standard InChI is InChI=1S/C19H27BN2O4/c1-10-8-22(18(24)26-19(3,4)5)9-14(21-10)12-6-7-13-15(11(12)2)16(20)25-17(13)23/h6-7,10,14,16,21H,8-9,20H2,1-5H3/t10-,14-,16?/m0/s1. The Morgan fingerprint density at radius 2 is 2.04 bits per heavy atom. The fourth-order valence-corrected chi connectivity index (χ4v) is 3.85. The molecule has 26 heavy (non-hydrogen) atoms. The van der Waals surface area contributed by atoms with Crippen LogP contribution >= 0.6 is 0 Å². The van der Waals surface area contributed by atoms with Crippen molar-refractivity contribution in [2.24, 2.45) is 0 Å². The molecule has 1 N–H and O–H groups in total. The molecule has 0 aromatic heterocycles. The molecule has 0 radical (unpaired) electrons. The Morgan fingerprint density at radius 1 is 1.35 bits per heavy atom. The fourth-order valence-electron chi connectivity index (χ4n) is 3.85. The van der Waals surface area contributed by atoms with Crippen LogP contribution in [0.1, 0.15) is 66.8 Å². The Balaban J connectivity index is 1.86. The Labute approximate surface area is 155 Å². The number of carbonyl (C=O) groups is 2. The van der Waals surface area contributed by atoms with E-state index in [9.17, 15) is 9.59 Å². The van der Waals surface area contributed by atoms with Gasteiger partial charge in [0.25, 0.3) is 0 Å². The molecule has 1 saturated heterocycles. The third-order valence-electron chi connectivity index (χ3n) is 4.88. The van der Waals surface area contributed by atoms with Gasteiger partial charge in [-0.25, -0.2) is 9.59 Å². The van der Waals surface area contributed by atoms with E-state index in [4.69, 9.17) is 9.47 Å². The zero-order valence-corrected chi connectivity index (χ0v) is 16.4. The van der Waals surface area contributed by atoms with Gasteiger partial charge in [0.15, 0.2) is 7.85 Å². The topological polar surface area (TPSA) is 67.9 Å². The van der Waals surface area contributed by atoms with Crippen molar-refractivity contribution in [1.82, 2.24) is 10.2 Å². The molecule has 2 aliphatic rings. The van der Waals surface area contributed by atoms with Gasteiger partial charge in [0.1, 0.15) is 5.60 Å². The quantitative estimate of drug-likeness (QED) is 0.615. The normalized spacial score (nSPS) is 25.7. The highest BCUT2D eigenvalue weighted by molar-refractivity contribution is 6.15. The van der Waals surface area contributed by atoms with Gasteiger partial charge in [-0.05, 0) is 51.8 Å². The maximum atomic E-state index is 12.5. The van der Waals surface area contributed by atoms with E-state index in [0.717, 1.165) is 16.7 Å². The van der Waals surface area contributed by atoms with Crippen LogP contribution in [0.3, 0.4) is 0 Å². The van der Waals surface area contributed by atoms with E-state index in [1.165, 1.54) is 0 Å². The number of nitrogens with one attached hydrogen (secondary N) is 1. The lowest BCUT2D eigenvalue weighted by Gasteiger charge is -2.39. The highest BCUT2D eigenvalue weighted by Crippen LogP contribution is 2.35. The van der Waals surface area contributed by atoms with Crippen molar-refractivity contribution in [1.29, 1.82) is 0 Å². The number of esters is 1. The number of hydrogen-bond donors (Lipinski definition) is 1. The van der Waals surface area contributed by atoms with Crippen molar-refractivity contribution in [3.05, 3.63) is 34.4 Å². The number of cyclic esters (lactones) is 1. The van der Waals surface area contributed by atoms with Crippen molar-refractivity contribution in [3.8, 4) is 0 Å². The average molecular weight is 358 g/mol. The molecule has 140 valence electrons. The van der Waals surface area contributed by atoms with Gasteiger partial charge in [0, 0.05) is 24.7 Å². The first kappa shape index (κ1) is 18.8. The number of fused-ring (bicyclic) bond motifs is 1. The SMILES string of the molecule is BC1OC(=O)c2ccc([C@@H]3CN(C(=O)OC(C)(C)C)C[C@H](C)N3)c(C)c21. The van der Waals surface area contributed by atoms with Crippen LogP contribution in [0.2, 0.25) is 0 Å². The third-order valence-corrected chi connectivity index (χ3v) is 4.88. The largest absolute Gasteiger partial charge is 0.464 e. The average Bonchev–Trinajstić information content (AvgIpc) is 2.80. The van der Waals surface area contributed by atoms with Crippen molar-refractivity contribution in [3.63, 3.8) is 0 Å². The van der Waals surface area contributed by atoms with Gasteiger partial charge < -0.3 is 19.7 Å². The molecule has 1 amide bonds. The summed E-state index contributed by atoms with van der Waals surface area (Å²) in [6.45, 7) is 10.8. The molecule has 7 heteroatoms. The molecule has 3 atom stereocenters. The van der Waals surface area contributed by atoms with Gasteiger partial charge in [-0.15, -0.1) is 0 Å². The van der Waals surface area contributed by atoms with Crippen molar-refractivity contribution >= 4 is 19.9 Å². The second-order valence-corrected chi connectivity index (χ2v) is 8.29. The number of nitrogens with zero attached hydrogens (tertiary/aromatic N) is 1. The minimum absolute atomic E-state index is 0.0144. The molecule has 3 rings (SSSR count). The molecule has 1 aromatic carbocycles. The van der Waals surface area contributed by atoms with E-state index in [1.807, 2.05) is 47.7 Å². The lowest BCUT2D eigenvalue weighted by molar-refractivity contribution is 0.0158. The number of carbonyl (C=O) groups excluding carboxylic acids is 2. The molecule has 1 fully saturated rings. The molecule has 0 spiro atoms. The summed E-state index contributed by atoms with van der Waals surface area (Å²) >= 11 is 0. The number of amides is 1. The molecule has 1 aromatic rings. The van der Waals surface area contributed by atoms with Gasteiger partial charge in [-0.3, -0.25) is 0 Å². The summed E-state index contributed by atoms with van der Waals surface area (Å²) in [6, 6.07) is 3.70. The van der Waals surface area contributed by atoms with Crippen LogP contribution in [0.15, 0.2) is 12.1 Å². The summed E-state index contributed by atoms with van der Waals surface area (Å²) in [7, 11) is 1.89. The molecule has 6 nitrogen and oxygen atoms in total. The van der Waals surface area contributed by atoms with Gasteiger partial charge >= 0.3 is 12.1 Å². The Morgan fingerprint density at radius 3 is 2.69 bits per heavy atom. The van der Waals surface area contributed by atoms with Crippen LogP contribution in [0.4, 0.5) is 4.79 Å². The predicted octanol–water partition coefficient (Wildman–Crippen LogP) is 2.07. The van der Waals surface area contributed by atoms with E-state index in [-0.39, 0.29) is 30.1 Å². The van der Waals surface area contributed by atoms with E-state index in [2.05, 4.69) is 12.2 Å². The highest BCUT2D eigenvalue weighted by atomic mass is 16.6. The van der Waals surface area contributed by atoms with Crippen LogP contribution in [0.5, 0.6) is 0 Å². The van der Waals surface area contributed by atoms with Gasteiger partial charge in [0.2, 0.25) is 0 Å². The van der Waals surface area contributed by atoms with Crippen LogP contribution in [0, 0.1) is 6.92 Å². The zero-order chi connectivity index (χ0) is 19.2. The van der Waals surface area contributed by atoms with Crippen molar-refractivity contribution < 1.29 is 19.1 Å². The molecule has 0 bridgehead atoms. The Kier molecular flexibility index (Phi) is 4.77. The number of ether oxygens (including phenoxy) is 2. The van der Waals surface area contributed by atoms with Crippen LogP contribution in [-0.4, -0.2) is 49.5 Å². The first-order valence-corrected chi connectivity index (χ1v) is 9.15. The lowest BCUT2D eigenvalue weighted by atomic mass is 9.84. The second kappa shape index (κ2) is 6.61. The van der Waals surface area contributed by atoms with E-state index >= 15 is 0 Å². The summed E-state index contributed by atoms with van der Waals surface area (Å²) in [5, 5.41) is 3.56. The molecule has 0 aliphatic carbocycles. The van der Waals surface area contributed by atoms with Gasteiger partial charge in [-0.2, -0.15) is 0 Å². The first-order valence-electron chi connectivity index (χ1n) is 9.15. The van der Waals surface area contributed by atoms with E-state index < -0.39 is 5.60 Å². The number of benzene rings is 1. The third kappa shape index (κ3) is 3.58. The van der Waals surface area contributed by atoms with Crippen molar-refractivity contribution in [2.45, 2.75) is 58.3 Å². The molecule has 2 aliphatic heterocycles.